The van der Waals surface area contributed by atoms with Crippen molar-refractivity contribution in [2.75, 3.05) is 39.8 Å². The second-order valence-electron chi connectivity index (χ2n) is 6.58. The summed E-state index contributed by atoms with van der Waals surface area (Å²) in [5.41, 5.74) is 1.26. The van der Waals surface area contributed by atoms with Gasteiger partial charge in [0.2, 0.25) is 0 Å². The molecule has 7 heteroatoms. The second-order valence-corrected chi connectivity index (χ2v) is 7.78. The van der Waals surface area contributed by atoms with Crippen molar-refractivity contribution in [1.82, 2.24) is 20.1 Å². The van der Waals surface area contributed by atoms with Crippen LogP contribution in [0.5, 0.6) is 0 Å². The Labute approximate surface area is 189 Å². The molecule has 0 bridgehead atoms. The number of piperazine rings is 1. The number of thiazole rings is 1. The zero-order valence-corrected chi connectivity index (χ0v) is 19.8. The molecule has 0 amide bonds. The summed E-state index contributed by atoms with van der Waals surface area (Å²) >= 11 is 1.78. The molecule has 1 fully saturated rings. The van der Waals surface area contributed by atoms with Crippen LogP contribution >= 0.6 is 35.3 Å². The highest BCUT2D eigenvalue weighted by Gasteiger charge is 2.18. The highest BCUT2D eigenvalue weighted by Crippen LogP contribution is 2.13. The van der Waals surface area contributed by atoms with Gasteiger partial charge < -0.3 is 10.2 Å². The molecule has 0 aliphatic carbocycles. The topological polar surface area (TPSA) is 43.8 Å². The lowest BCUT2D eigenvalue weighted by molar-refractivity contribution is 0.194. The predicted octanol–water partition coefficient (Wildman–Crippen LogP) is 3.73. The maximum atomic E-state index is 4.48. The third-order valence-corrected chi connectivity index (χ3v) is 5.85. The average Bonchev–Trinajstić information content (AvgIpc) is 3.18. The number of hydrogen-bond acceptors (Lipinski definition) is 4. The summed E-state index contributed by atoms with van der Waals surface area (Å²) in [5, 5.41) is 4.59. The Morgan fingerprint density at radius 1 is 1.21 bits per heavy atom. The Kier molecular flexibility index (Phi) is 9.94. The Bertz CT molecular complexity index is 751. The molecule has 1 aliphatic heterocycles. The van der Waals surface area contributed by atoms with Gasteiger partial charge in [-0.25, -0.2) is 4.98 Å². The van der Waals surface area contributed by atoms with E-state index in [2.05, 4.69) is 74.5 Å². The van der Waals surface area contributed by atoms with Crippen molar-refractivity contribution in [3.63, 3.8) is 0 Å². The molecule has 2 aromatic rings. The molecule has 1 aromatic carbocycles. The van der Waals surface area contributed by atoms with E-state index in [1.165, 1.54) is 10.4 Å². The van der Waals surface area contributed by atoms with Crippen molar-refractivity contribution in [1.29, 1.82) is 0 Å². The van der Waals surface area contributed by atoms with Crippen molar-refractivity contribution >= 4 is 47.3 Å². The minimum Gasteiger partial charge on any atom is -0.350 e. The first-order chi connectivity index (χ1) is 13.3. The molecule has 152 valence electrons. The maximum Gasteiger partial charge on any atom is 0.194 e. The number of hydrogen-bond donors (Lipinski definition) is 1. The maximum absolute atomic E-state index is 4.48. The normalized spacial score (nSPS) is 15.6. The molecule has 28 heavy (non-hydrogen) atoms. The van der Waals surface area contributed by atoms with E-state index in [0.717, 1.165) is 56.7 Å². The Morgan fingerprint density at radius 3 is 2.61 bits per heavy atom. The van der Waals surface area contributed by atoms with Gasteiger partial charge in [0.1, 0.15) is 5.01 Å². The molecule has 0 atom stereocenters. The fourth-order valence-corrected chi connectivity index (χ4v) is 3.93. The number of nitrogens with one attached hydrogen (secondary N) is 1. The molecule has 0 unspecified atom stereocenters. The van der Waals surface area contributed by atoms with Crippen LogP contribution in [0, 0.1) is 0 Å². The summed E-state index contributed by atoms with van der Waals surface area (Å²) in [6.07, 6.45) is 7.48. The highest BCUT2D eigenvalue weighted by atomic mass is 127. The molecule has 0 spiro atoms. The third-order valence-electron chi connectivity index (χ3n) is 4.70. The SMILES string of the molecule is CCc1cnc(CNC(=NC)N2CCN(C/C=C/c3ccccc3)CC2)s1.I. The van der Waals surface area contributed by atoms with Crippen molar-refractivity contribution < 1.29 is 0 Å². The van der Waals surface area contributed by atoms with E-state index in [1.807, 2.05) is 13.2 Å². The number of guanidine groups is 1. The second kappa shape index (κ2) is 12.2. The van der Waals surface area contributed by atoms with Crippen LogP contribution < -0.4 is 5.32 Å². The fourth-order valence-electron chi connectivity index (χ4n) is 3.12. The number of nitrogens with zero attached hydrogens (tertiary/aromatic N) is 4. The Hall–Kier alpha value is -1.45. The lowest BCUT2D eigenvalue weighted by Crippen LogP contribution is -2.52. The zero-order chi connectivity index (χ0) is 18.9. The summed E-state index contributed by atoms with van der Waals surface area (Å²) in [4.78, 5) is 15.1. The standard InChI is InChI=1S/C21H29N5S.HI/c1-3-19-16-23-20(27-19)17-24-21(22-2)26-14-12-25(13-15-26)11-7-10-18-8-5-4-6-9-18;/h4-10,16H,3,11-15,17H2,1-2H3,(H,22,24);1H/b10-7+;. The first-order valence-corrected chi connectivity index (χ1v) is 10.4. The summed E-state index contributed by atoms with van der Waals surface area (Å²) in [6, 6.07) is 10.5. The minimum absolute atomic E-state index is 0. The molecule has 3 rings (SSSR count). The van der Waals surface area contributed by atoms with Gasteiger partial charge in [-0.15, -0.1) is 35.3 Å². The van der Waals surface area contributed by atoms with Gasteiger partial charge in [0.15, 0.2) is 5.96 Å². The largest absolute Gasteiger partial charge is 0.350 e. The summed E-state index contributed by atoms with van der Waals surface area (Å²) in [6.45, 7) is 8.01. The molecular weight excluding hydrogens is 481 g/mol. The summed E-state index contributed by atoms with van der Waals surface area (Å²) in [5.74, 6) is 0.975. The first-order valence-electron chi connectivity index (χ1n) is 9.61. The molecule has 1 aromatic heterocycles. The van der Waals surface area contributed by atoms with Crippen LogP contribution in [0.25, 0.3) is 6.08 Å². The molecule has 0 saturated carbocycles. The van der Waals surface area contributed by atoms with Gasteiger partial charge in [-0.2, -0.15) is 0 Å². The van der Waals surface area contributed by atoms with Gasteiger partial charge in [0.25, 0.3) is 0 Å². The van der Waals surface area contributed by atoms with E-state index in [0.29, 0.717) is 0 Å². The van der Waals surface area contributed by atoms with Crippen LogP contribution in [0.1, 0.15) is 22.4 Å². The highest BCUT2D eigenvalue weighted by molar-refractivity contribution is 14.0. The quantitative estimate of drug-likeness (QED) is 0.365. The molecule has 1 aliphatic rings. The van der Waals surface area contributed by atoms with Gasteiger partial charge in [0.05, 0.1) is 6.54 Å². The number of aryl methyl sites for hydroxylation is 1. The van der Waals surface area contributed by atoms with E-state index < -0.39 is 0 Å². The number of aromatic nitrogens is 1. The predicted molar refractivity (Wildman–Crippen MR) is 131 cm³/mol. The van der Waals surface area contributed by atoms with Crippen molar-refractivity contribution in [2.24, 2.45) is 4.99 Å². The van der Waals surface area contributed by atoms with Gasteiger partial charge >= 0.3 is 0 Å². The zero-order valence-electron chi connectivity index (χ0n) is 16.7. The summed E-state index contributed by atoms with van der Waals surface area (Å²) in [7, 11) is 1.86. The van der Waals surface area contributed by atoms with Crippen molar-refractivity contribution in [2.45, 2.75) is 19.9 Å². The first kappa shape index (κ1) is 22.8. The molecule has 5 nitrogen and oxygen atoms in total. The van der Waals surface area contributed by atoms with E-state index in [9.17, 15) is 0 Å². The Morgan fingerprint density at radius 2 is 1.96 bits per heavy atom. The molecule has 0 radical (unpaired) electrons. The Balaban J connectivity index is 0.00000280. The van der Waals surface area contributed by atoms with Gasteiger partial charge in [-0.1, -0.05) is 49.4 Å². The smallest absolute Gasteiger partial charge is 0.194 e. The number of halogens is 1. The number of rotatable bonds is 6. The summed E-state index contributed by atoms with van der Waals surface area (Å²) < 4.78 is 0. The van der Waals surface area contributed by atoms with E-state index in [-0.39, 0.29) is 24.0 Å². The number of aliphatic imine (C=N–C) groups is 1. The lowest BCUT2D eigenvalue weighted by Gasteiger charge is -2.36. The minimum atomic E-state index is 0. The van der Waals surface area contributed by atoms with Gasteiger partial charge in [-0.05, 0) is 12.0 Å². The van der Waals surface area contributed by atoms with Crippen LogP contribution in [0.2, 0.25) is 0 Å². The molecule has 1 saturated heterocycles. The van der Waals surface area contributed by atoms with Crippen molar-refractivity contribution in [3.8, 4) is 0 Å². The lowest BCUT2D eigenvalue weighted by atomic mass is 10.2. The van der Waals surface area contributed by atoms with Crippen molar-refractivity contribution in [3.05, 3.63) is 58.1 Å². The van der Waals surface area contributed by atoms with Gasteiger partial charge in [0, 0.05) is 50.8 Å². The fraction of sp³-hybridized carbons (Fsp3) is 0.429. The van der Waals surface area contributed by atoms with Gasteiger partial charge in [-0.3, -0.25) is 9.89 Å². The van der Waals surface area contributed by atoms with Crippen LogP contribution in [-0.2, 0) is 13.0 Å². The third kappa shape index (κ3) is 6.86. The molecule has 1 N–H and O–H groups in total. The van der Waals surface area contributed by atoms with E-state index in [4.69, 9.17) is 0 Å². The average molecular weight is 511 g/mol. The van der Waals surface area contributed by atoms with E-state index in [1.54, 1.807) is 11.3 Å². The van der Waals surface area contributed by atoms with Crippen LogP contribution in [-0.4, -0.2) is 60.5 Å². The molecule has 2 heterocycles. The van der Waals surface area contributed by atoms with Crippen LogP contribution in [0.4, 0.5) is 0 Å². The molecular formula is C21H30IN5S. The number of benzene rings is 1. The van der Waals surface area contributed by atoms with Crippen LogP contribution in [0.15, 0.2) is 47.6 Å². The van der Waals surface area contributed by atoms with E-state index >= 15 is 0 Å². The monoisotopic (exact) mass is 511 g/mol. The van der Waals surface area contributed by atoms with Crippen LogP contribution in [0.3, 0.4) is 0 Å².